The maximum atomic E-state index is 11.7. The second kappa shape index (κ2) is 4.93. The molecule has 0 heterocycles. The lowest BCUT2D eigenvalue weighted by Crippen LogP contribution is -1.84. The largest absolute Gasteiger partial charge is 0.428 e. The highest BCUT2D eigenvalue weighted by molar-refractivity contribution is 9.70. The van der Waals surface area contributed by atoms with Crippen LogP contribution in [0.2, 0.25) is 0 Å². The third-order valence-electron chi connectivity index (χ3n) is 2.91. The zero-order valence-electron chi connectivity index (χ0n) is 9.72. The number of hydrogen-bond donors (Lipinski definition) is 0. The van der Waals surface area contributed by atoms with Crippen LogP contribution in [0.25, 0.3) is 21.5 Å². The SMILES string of the molecule is O=P(Br)(Br)Oc1cccc2cc3ccccc3cc12. The molecule has 0 N–H and O–H groups in total. The Kier molecular flexibility index (Phi) is 3.42. The second-order valence-electron chi connectivity index (χ2n) is 4.18. The van der Waals surface area contributed by atoms with Crippen molar-refractivity contribution in [2.45, 2.75) is 0 Å². The fourth-order valence-electron chi connectivity index (χ4n) is 2.13. The predicted molar refractivity (Wildman–Crippen MR) is 87.5 cm³/mol. The molecule has 3 rings (SSSR count). The van der Waals surface area contributed by atoms with Crippen LogP contribution in [-0.4, -0.2) is 0 Å². The summed E-state index contributed by atoms with van der Waals surface area (Å²) in [4.78, 5) is 0. The first-order valence-corrected chi connectivity index (χ1v) is 11.3. The Morgan fingerprint density at radius 1 is 0.842 bits per heavy atom. The van der Waals surface area contributed by atoms with E-state index in [0.29, 0.717) is 5.75 Å². The summed E-state index contributed by atoms with van der Waals surface area (Å²) < 4.78 is 14.2. The normalized spacial score (nSPS) is 11.9. The molecular formula is C14H9Br2O2P. The van der Waals surface area contributed by atoms with Crippen molar-refractivity contribution in [3.63, 3.8) is 0 Å². The summed E-state index contributed by atoms with van der Waals surface area (Å²) in [5.74, 6) is 0.598. The molecule has 0 amide bonds. The Bertz CT molecular complexity index is 811. The van der Waals surface area contributed by atoms with E-state index < -0.39 is 4.77 Å². The van der Waals surface area contributed by atoms with Crippen molar-refractivity contribution in [2.24, 2.45) is 0 Å². The number of fused-ring (bicyclic) bond motifs is 2. The molecule has 0 aliphatic heterocycles. The summed E-state index contributed by atoms with van der Waals surface area (Å²) in [6.45, 7) is 0. The average Bonchev–Trinajstić information content (AvgIpc) is 2.35. The molecule has 0 aliphatic carbocycles. The van der Waals surface area contributed by atoms with Gasteiger partial charge in [0.15, 0.2) is 0 Å². The van der Waals surface area contributed by atoms with Crippen LogP contribution < -0.4 is 4.52 Å². The van der Waals surface area contributed by atoms with E-state index in [0.717, 1.165) is 16.2 Å². The fraction of sp³-hybridized carbons (Fsp3) is 0. The summed E-state index contributed by atoms with van der Waals surface area (Å²) in [6, 6.07) is 18.0. The molecular weight excluding hydrogens is 391 g/mol. The third-order valence-corrected chi connectivity index (χ3v) is 4.19. The van der Waals surface area contributed by atoms with Gasteiger partial charge in [-0.15, -0.1) is 0 Å². The molecule has 0 saturated heterocycles. The minimum absolute atomic E-state index is 0.598. The smallest absolute Gasteiger partial charge is 0.374 e. The van der Waals surface area contributed by atoms with Gasteiger partial charge in [-0.2, -0.15) is 0 Å². The van der Waals surface area contributed by atoms with Crippen molar-refractivity contribution in [3.05, 3.63) is 54.6 Å². The Morgan fingerprint density at radius 3 is 2.16 bits per heavy atom. The van der Waals surface area contributed by atoms with E-state index in [2.05, 4.69) is 49.2 Å². The van der Waals surface area contributed by atoms with Crippen molar-refractivity contribution in [3.8, 4) is 5.75 Å². The van der Waals surface area contributed by atoms with E-state index in [1.165, 1.54) is 5.39 Å². The predicted octanol–water partition coefficient (Wildman–Crippen LogP) is 6.27. The van der Waals surface area contributed by atoms with Crippen LogP contribution >= 0.6 is 35.8 Å². The quantitative estimate of drug-likeness (QED) is 0.375. The van der Waals surface area contributed by atoms with Crippen LogP contribution in [0.3, 0.4) is 0 Å². The van der Waals surface area contributed by atoms with Gasteiger partial charge in [0, 0.05) is 36.4 Å². The average molecular weight is 400 g/mol. The molecule has 0 aromatic heterocycles. The van der Waals surface area contributed by atoms with E-state index in [4.69, 9.17) is 4.52 Å². The van der Waals surface area contributed by atoms with E-state index in [1.54, 1.807) is 0 Å². The van der Waals surface area contributed by atoms with E-state index in [-0.39, 0.29) is 0 Å². The minimum Gasteiger partial charge on any atom is -0.428 e. The topological polar surface area (TPSA) is 26.3 Å². The highest BCUT2D eigenvalue weighted by atomic mass is 79.9. The maximum absolute atomic E-state index is 11.7. The van der Waals surface area contributed by atoms with E-state index in [9.17, 15) is 4.57 Å². The number of halogens is 2. The van der Waals surface area contributed by atoms with Crippen LogP contribution in [0.4, 0.5) is 0 Å². The van der Waals surface area contributed by atoms with Crippen LogP contribution in [0.15, 0.2) is 54.6 Å². The third kappa shape index (κ3) is 2.86. The first kappa shape index (κ1) is 13.2. The summed E-state index contributed by atoms with van der Waals surface area (Å²) in [6.07, 6.45) is 0. The van der Waals surface area contributed by atoms with Crippen molar-refractivity contribution in [1.82, 2.24) is 0 Å². The van der Waals surface area contributed by atoms with Gasteiger partial charge in [-0.05, 0) is 34.4 Å². The lowest BCUT2D eigenvalue weighted by Gasteiger charge is -2.10. The first-order chi connectivity index (χ1) is 9.03. The Hall–Kier alpha value is -0.830. The summed E-state index contributed by atoms with van der Waals surface area (Å²) in [7, 11) is 0. The molecule has 0 atom stereocenters. The molecule has 0 aliphatic rings. The summed E-state index contributed by atoms with van der Waals surface area (Å²) >= 11 is 6.00. The second-order valence-corrected chi connectivity index (χ2v) is 13.7. The fourth-order valence-corrected chi connectivity index (χ4v) is 3.46. The molecule has 0 unspecified atom stereocenters. The molecule has 0 bridgehead atoms. The number of benzene rings is 3. The molecule has 0 fully saturated rings. The van der Waals surface area contributed by atoms with Crippen LogP contribution in [0.5, 0.6) is 5.75 Å². The van der Waals surface area contributed by atoms with E-state index >= 15 is 0 Å². The molecule has 2 nitrogen and oxygen atoms in total. The van der Waals surface area contributed by atoms with Crippen LogP contribution in [-0.2, 0) is 4.57 Å². The summed E-state index contributed by atoms with van der Waals surface area (Å²) in [5, 5.41) is 4.31. The number of hydrogen-bond acceptors (Lipinski definition) is 2. The molecule has 0 radical (unpaired) electrons. The molecule has 19 heavy (non-hydrogen) atoms. The van der Waals surface area contributed by atoms with Gasteiger partial charge in [0.1, 0.15) is 5.75 Å². The molecule has 5 heteroatoms. The van der Waals surface area contributed by atoms with Crippen molar-refractivity contribution in [2.75, 3.05) is 0 Å². The number of rotatable bonds is 2. The highest BCUT2D eigenvalue weighted by Gasteiger charge is 2.16. The highest BCUT2D eigenvalue weighted by Crippen LogP contribution is 2.62. The Labute approximate surface area is 126 Å². The van der Waals surface area contributed by atoms with Crippen molar-refractivity contribution < 1.29 is 9.09 Å². The van der Waals surface area contributed by atoms with E-state index in [1.807, 2.05) is 36.4 Å². The van der Waals surface area contributed by atoms with Gasteiger partial charge >= 0.3 is 4.77 Å². The molecule has 3 aromatic rings. The first-order valence-electron chi connectivity index (χ1n) is 5.63. The Balaban J connectivity index is 2.29. The Morgan fingerprint density at radius 2 is 1.47 bits per heavy atom. The molecule has 96 valence electrons. The maximum Gasteiger partial charge on any atom is 0.374 e. The molecule has 0 saturated carbocycles. The lowest BCUT2D eigenvalue weighted by atomic mass is 10.0. The molecule has 3 aromatic carbocycles. The van der Waals surface area contributed by atoms with Gasteiger partial charge in [-0.1, -0.05) is 36.4 Å². The minimum atomic E-state index is -2.93. The lowest BCUT2D eigenvalue weighted by molar-refractivity contribution is 0.520. The standard InChI is InChI=1S/C14H9Br2O2P/c15-19(16,17)18-14-7-3-6-12-8-10-4-1-2-5-11(10)9-13(12)14/h1-9H. The zero-order chi connectivity index (χ0) is 13.5. The van der Waals surface area contributed by atoms with Gasteiger partial charge in [-0.3, -0.25) is 4.57 Å². The van der Waals surface area contributed by atoms with Gasteiger partial charge in [0.05, 0.1) is 0 Å². The summed E-state index contributed by atoms with van der Waals surface area (Å²) in [5.41, 5.74) is 0. The monoisotopic (exact) mass is 398 g/mol. The van der Waals surface area contributed by atoms with Gasteiger partial charge in [0.25, 0.3) is 0 Å². The van der Waals surface area contributed by atoms with Gasteiger partial charge in [-0.25, -0.2) is 0 Å². The van der Waals surface area contributed by atoms with Crippen molar-refractivity contribution >= 4 is 57.3 Å². The van der Waals surface area contributed by atoms with Crippen LogP contribution in [0.1, 0.15) is 0 Å². The van der Waals surface area contributed by atoms with Gasteiger partial charge in [0.2, 0.25) is 0 Å². The van der Waals surface area contributed by atoms with Crippen molar-refractivity contribution in [1.29, 1.82) is 0 Å². The van der Waals surface area contributed by atoms with Gasteiger partial charge < -0.3 is 4.52 Å². The molecule has 0 spiro atoms. The zero-order valence-corrected chi connectivity index (χ0v) is 13.8. The van der Waals surface area contributed by atoms with Crippen LogP contribution in [0, 0.1) is 0 Å².